The molecule has 0 fully saturated rings. The predicted molar refractivity (Wildman–Crippen MR) is 253 cm³/mol. The minimum absolute atomic E-state index is 0.0205. The first kappa shape index (κ1) is 48.0. The van der Waals surface area contributed by atoms with Crippen molar-refractivity contribution in [1.82, 2.24) is 34.6 Å². The van der Waals surface area contributed by atoms with Crippen LogP contribution in [0.15, 0.2) is 18.2 Å². The first-order valence-electron chi connectivity index (χ1n) is 23.6. The molecule has 3 amide bonds. The number of nitrogens with zero attached hydrogens (tertiary/aromatic N) is 5. The summed E-state index contributed by atoms with van der Waals surface area (Å²) < 4.78 is 6.52. The summed E-state index contributed by atoms with van der Waals surface area (Å²) >= 11 is 0. The van der Waals surface area contributed by atoms with Gasteiger partial charge in [-0.15, -0.1) is 0 Å². The number of likely N-dealkylation sites (N-methyl/N-ethyl adjacent to an activating group) is 2. The number of aryl methyl sites for hydroxylation is 2. The van der Waals surface area contributed by atoms with Crippen LogP contribution in [0.2, 0.25) is 0 Å². The highest BCUT2D eigenvalue weighted by atomic mass is 16.5. The highest BCUT2D eigenvalue weighted by Crippen LogP contribution is 2.45. The number of aromatic nitrogens is 4. The SMILES string of the molecule is CCCCCCOC(C)c1c(C)c2cc3nc(c4c5[nH]c(cc6nc(cc1[nH]2)C(C)=C6CC)c(C)c5C(=O)C4)[C@@H](CCC(=O)N(CC(=O)N(CC)CC)CC(=O)N(CC)CC=O)[C@@H]3C. The van der Waals surface area contributed by atoms with E-state index in [1.807, 2.05) is 20.8 Å². The smallest absolute Gasteiger partial charge is 0.242 e. The molecule has 2 N–H and O–H groups in total. The quantitative estimate of drug-likeness (QED) is 0.0840. The van der Waals surface area contributed by atoms with Gasteiger partial charge in [0.15, 0.2) is 5.78 Å². The van der Waals surface area contributed by atoms with E-state index in [1.54, 1.807) is 11.8 Å². The van der Waals surface area contributed by atoms with Crippen LogP contribution in [0.25, 0.3) is 33.2 Å². The van der Waals surface area contributed by atoms with Gasteiger partial charge in [0, 0.05) is 89.9 Å². The third kappa shape index (κ3) is 9.79. The standard InChI is InChI=1S/C51H69N7O6/c1-11-16-17-18-23-64-34(10)48-32(8)40-25-39-31(7)36(19-20-45(61)58(28-46(62)56(13-3)14-4)29-47(63)57(15-5)21-22-59)50(54-39)37-24-44(60)49-33(9)41(55-51(37)49)26-42-35(12-2)30(6)38(52-42)27-43(48)53-40/h22,25-27,31,34,36,53,55H,11-21,23-24,28-29H2,1-10H3/t31-,34?,36-/m0/s1. The van der Waals surface area contributed by atoms with Gasteiger partial charge >= 0.3 is 0 Å². The van der Waals surface area contributed by atoms with Crippen LogP contribution in [0.4, 0.5) is 0 Å². The Hall–Kier alpha value is -5.43. The maximum Gasteiger partial charge on any atom is 0.242 e. The molecule has 3 aromatic rings. The fourth-order valence-corrected chi connectivity index (χ4v) is 9.83. The van der Waals surface area contributed by atoms with Gasteiger partial charge in [-0.3, -0.25) is 24.2 Å². The van der Waals surface area contributed by atoms with Gasteiger partial charge in [-0.05, 0) is 108 Å². The summed E-state index contributed by atoms with van der Waals surface area (Å²) in [5.41, 5.74) is 13.5. The topological polar surface area (TPSA) is 162 Å². The Morgan fingerprint density at radius 3 is 2.16 bits per heavy atom. The summed E-state index contributed by atoms with van der Waals surface area (Å²) in [7, 11) is 0. The molecule has 0 saturated carbocycles. The zero-order valence-electron chi connectivity index (χ0n) is 39.8. The lowest BCUT2D eigenvalue weighted by atomic mass is 9.85. The number of aldehydes is 1. The number of carbonyl (C=O) groups is 5. The Morgan fingerprint density at radius 2 is 1.50 bits per heavy atom. The van der Waals surface area contributed by atoms with Crippen molar-refractivity contribution in [2.45, 2.75) is 139 Å². The third-order valence-electron chi connectivity index (χ3n) is 13.7. The van der Waals surface area contributed by atoms with Crippen molar-refractivity contribution in [3.8, 4) is 0 Å². The van der Waals surface area contributed by atoms with Crippen LogP contribution in [-0.2, 0) is 30.3 Å². The molecule has 0 aromatic carbocycles. The minimum atomic E-state index is -0.397. The van der Waals surface area contributed by atoms with Gasteiger partial charge in [0.25, 0.3) is 0 Å². The Morgan fingerprint density at radius 1 is 0.828 bits per heavy atom. The number of H-pyrrole nitrogens is 2. The average molecular weight is 876 g/mol. The second-order valence-corrected chi connectivity index (χ2v) is 17.6. The molecule has 6 rings (SSSR count). The lowest BCUT2D eigenvalue weighted by molar-refractivity contribution is -0.145. The summed E-state index contributed by atoms with van der Waals surface area (Å²) in [6, 6.07) is 6.30. The Kier molecular flexibility index (Phi) is 15.8. The second kappa shape index (κ2) is 21.0. The molecule has 2 aliphatic heterocycles. The third-order valence-corrected chi connectivity index (χ3v) is 13.7. The number of ether oxygens (including phenoxy) is 1. The van der Waals surface area contributed by atoms with Gasteiger partial charge in [-0.2, -0.15) is 0 Å². The predicted octanol–water partition coefficient (Wildman–Crippen LogP) is 9.08. The number of ketones is 1. The maximum absolute atomic E-state index is 14.3. The number of fused-ring (bicyclic) bond motifs is 8. The van der Waals surface area contributed by atoms with Crippen LogP contribution in [0.3, 0.4) is 0 Å². The number of hydrogen-bond donors (Lipinski definition) is 2. The molecule has 13 heteroatoms. The number of allylic oxidation sites excluding steroid dienone is 2. The van der Waals surface area contributed by atoms with Gasteiger partial charge in [0.05, 0.1) is 35.2 Å². The van der Waals surface area contributed by atoms with Crippen LogP contribution in [0, 0.1) is 13.8 Å². The van der Waals surface area contributed by atoms with Crippen molar-refractivity contribution >= 4 is 63.0 Å². The highest BCUT2D eigenvalue weighted by molar-refractivity contribution is 6.13. The molecule has 13 nitrogen and oxygen atoms in total. The molecular formula is C51H69N7O6. The van der Waals surface area contributed by atoms with E-state index in [2.05, 4.69) is 69.7 Å². The van der Waals surface area contributed by atoms with Crippen molar-refractivity contribution < 1.29 is 28.7 Å². The van der Waals surface area contributed by atoms with Crippen molar-refractivity contribution in [3.05, 3.63) is 68.8 Å². The molecule has 0 radical (unpaired) electrons. The van der Waals surface area contributed by atoms with E-state index in [4.69, 9.17) is 14.7 Å². The molecule has 1 unspecified atom stereocenters. The molecule has 0 saturated heterocycles. The van der Waals surface area contributed by atoms with Gasteiger partial charge in [0.2, 0.25) is 17.7 Å². The molecule has 3 atom stereocenters. The molecule has 3 aromatic heterocycles. The van der Waals surface area contributed by atoms with Gasteiger partial charge < -0.3 is 34.2 Å². The first-order chi connectivity index (χ1) is 30.7. The first-order valence-corrected chi connectivity index (χ1v) is 23.6. The van der Waals surface area contributed by atoms with E-state index >= 15 is 0 Å². The summed E-state index contributed by atoms with van der Waals surface area (Å²) in [6.07, 6.45) is 6.33. The van der Waals surface area contributed by atoms with Crippen LogP contribution in [0.1, 0.15) is 174 Å². The zero-order valence-corrected chi connectivity index (χ0v) is 39.8. The van der Waals surface area contributed by atoms with Crippen molar-refractivity contribution in [2.24, 2.45) is 0 Å². The summed E-state index contributed by atoms with van der Waals surface area (Å²) in [4.78, 5) is 88.8. The van der Waals surface area contributed by atoms with Crippen molar-refractivity contribution in [1.29, 1.82) is 0 Å². The fraction of sp³-hybridized carbons (Fsp3) is 0.549. The molecule has 344 valence electrons. The Bertz CT molecular complexity index is 2480. The summed E-state index contributed by atoms with van der Waals surface area (Å²) in [5.74, 6) is -1.37. The lowest BCUT2D eigenvalue weighted by Gasteiger charge is -2.28. The van der Waals surface area contributed by atoms with E-state index in [0.29, 0.717) is 44.5 Å². The van der Waals surface area contributed by atoms with E-state index in [9.17, 15) is 24.0 Å². The number of hydrogen-bond acceptors (Lipinski definition) is 8. The molecule has 1 aliphatic carbocycles. The number of aromatic amines is 2. The van der Waals surface area contributed by atoms with Crippen molar-refractivity contribution in [2.75, 3.05) is 45.9 Å². The Balaban J connectivity index is 1.49. The van der Waals surface area contributed by atoms with Crippen molar-refractivity contribution in [3.63, 3.8) is 0 Å². The van der Waals surface area contributed by atoms with E-state index in [0.717, 1.165) is 104 Å². The van der Waals surface area contributed by atoms with Gasteiger partial charge in [-0.1, -0.05) is 40.0 Å². The molecule has 3 aliphatic rings. The second-order valence-electron chi connectivity index (χ2n) is 17.6. The number of unbranched alkanes of at least 4 members (excludes halogenated alkanes) is 3. The molecule has 5 heterocycles. The molecule has 0 spiro atoms. The monoisotopic (exact) mass is 876 g/mol. The van der Waals surface area contributed by atoms with Gasteiger partial charge in [0.1, 0.15) is 19.4 Å². The highest BCUT2D eigenvalue weighted by Gasteiger charge is 2.37. The van der Waals surface area contributed by atoms with Crippen LogP contribution < -0.4 is 0 Å². The summed E-state index contributed by atoms with van der Waals surface area (Å²) in [6.45, 7) is 21.6. The fourth-order valence-electron chi connectivity index (χ4n) is 9.83. The number of Topliss-reactive ketones (excluding diaryl/α,β-unsaturated/α-hetero) is 1. The molecular weight excluding hydrogens is 807 g/mol. The largest absolute Gasteiger partial charge is 0.374 e. The maximum atomic E-state index is 14.3. The van der Waals surface area contributed by atoms with Crippen LogP contribution >= 0.6 is 0 Å². The number of carbonyl (C=O) groups excluding carboxylic acids is 5. The van der Waals surface area contributed by atoms with E-state index < -0.39 is 5.91 Å². The molecule has 8 bridgehead atoms. The minimum Gasteiger partial charge on any atom is -0.374 e. The number of rotatable bonds is 20. The Labute approximate surface area is 378 Å². The zero-order chi connectivity index (χ0) is 46.4. The summed E-state index contributed by atoms with van der Waals surface area (Å²) in [5, 5.41) is 0. The normalized spacial score (nSPS) is 16.1. The van der Waals surface area contributed by atoms with Gasteiger partial charge in [-0.25, -0.2) is 4.98 Å². The van der Waals surface area contributed by atoms with E-state index in [-0.39, 0.29) is 68.0 Å². The molecule has 64 heavy (non-hydrogen) atoms. The van der Waals surface area contributed by atoms with E-state index in [1.165, 1.54) is 16.2 Å². The number of amides is 3. The van der Waals surface area contributed by atoms with Crippen LogP contribution in [-0.4, -0.2) is 110 Å². The lowest BCUT2D eigenvalue weighted by Crippen LogP contribution is -2.48. The number of nitrogens with one attached hydrogen (secondary N) is 2. The van der Waals surface area contributed by atoms with Crippen LogP contribution in [0.5, 0.6) is 0 Å². The average Bonchev–Trinajstić information content (AvgIpc) is 4.03.